The van der Waals surface area contributed by atoms with Gasteiger partial charge in [-0.15, -0.1) is 0 Å². The first-order valence-corrected chi connectivity index (χ1v) is 48.1. The van der Waals surface area contributed by atoms with Crippen LogP contribution in [0.15, 0.2) is 340 Å². The molecule has 9 aromatic carbocycles. The summed E-state index contributed by atoms with van der Waals surface area (Å²) >= 11 is 0. The third-order valence-corrected chi connectivity index (χ3v) is 22.6. The molecule has 0 radical (unpaired) electrons. The van der Waals surface area contributed by atoms with E-state index >= 15 is 0 Å². The number of para-hydroxylation sites is 8. The number of aromatic amines is 1. The van der Waals surface area contributed by atoms with Gasteiger partial charge in [0.15, 0.2) is 5.65 Å². The predicted octanol–water partition coefficient (Wildman–Crippen LogP) is 32.5. The molecule has 0 atom stereocenters. The lowest BCUT2D eigenvalue weighted by atomic mass is 9.95. The number of H-pyrrole nitrogens is 1. The Morgan fingerprint density at radius 2 is 0.727 bits per heavy atom. The van der Waals surface area contributed by atoms with Gasteiger partial charge in [0.05, 0.1) is 90.6 Å². The third kappa shape index (κ3) is 30.6. The number of pyridine rings is 5. The highest BCUT2D eigenvalue weighted by Gasteiger charge is 2.18. The average molecular weight is 1850 g/mol. The Labute approximate surface area is 822 Å². The minimum absolute atomic E-state index is 0. The van der Waals surface area contributed by atoms with E-state index in [4.69, 9.17) is 4.42 Å². The first-order valence-electron chi connectivity index (χ1n) is 48.1. The van der Waals surface area contributed by atoms with Crippen molar-refractivity contribution in [2.75, 3.05) is 0 Å². The second kappa shape index (κ2) is 52.5. The Bertz CT molecular complexity index is 6530. The van der Waals surface area contributed by atoms with Crippen LogP contribution in [0.5, 0.6) is 0 Å². The van der Waals surface area contributed by atoms with Crippen molar-refractivity contribution in [2.24, 2.45) is 0 Å². The predicted molar refractivity (Wildman–Crippen MR) is 584 cm³/mol. The zero-order valence-corrected chi connectivity index (χ0v) is 84.6. The van der Waals surface area contributed by atoms with E-state index in [1.807, 2.05) is 164 Å². The smallest absolute Gasteiger partial charge is 0.162 e. The summed E-state index contributed by atoms with van der Waals surface area (Å²) in [7, 11) is 0. The summed E-state index contributed by atoms with van der Waals surface area (Å²) in [5.74, 6) is 7.90. The molecule has 0 aliphatic rings. The van der Waals surface area contributed by atoms with Gasteiger partial charge in [0, 0.05) is 97.8 Å². The van der Waals surface area contributed by atoms with Crippen LogP contribution in [0.1, 0.15) is 289 Å². The molecule has 0 spiro atoms. The molecule has 1 N–H and O–H groups in total. The van der Waals surface area contributed by atoms with E-state index in [1.165, 1.54) is 60.2 Å². The van der Waals surface area contributed by atoms with E-state index in [1.54, 1.807) is 43.8 Å². The zero-order valence-electron chi connectivity index (χ0n) is 84.6. The van der Waals surface area contributed by atoms with E-state index in [2.05, 4.69) is 371 Å². The van der Waals surface area contributed by atoms with Crippen LogP contribution >= 0.6 is 0 Å². The Balaban J connectivity index is 0.000000158. The van der Waals surface area contributed by atoms with E-state index < -0.39 is 0 Å². The topological polar surface area (TPSA) is 235 Å². The molecule has 18 nitrogen and oxygen atoms in total. The van der Waals surface area contributed by atoms with Gasteiger partial charge < -0.3 is 9.40 Å². The van der Waals surface area contributed by atoms with Gasteiger partial charge in [0.25, 0.3) is 0 Å². The SMILES string of the molecule is C.CC(C)(C)c1ncc2ccccc2n1.CC(C)c1ccc2ccccc2n1.CC(C)c1cccc2ccccc12.CC(C)c1ccco1.CC(C)c1ccnc2ccccc12.CC(C)c1cnc2ccccc2n1.CC(C)c1nc2ccccc2[nH]1.CC(C)c1nccc2ccccc12.CC(C)c1ncnc2ccccc12.CC(C)c1ncnc2cnccc12.CC(C)c1ncnc2ncccc12. The fraction of sp³-hybridized carbons (Fsp3) is 0.289. The molecule has 714 valence electrons. The molecule has 0 aliphatic carbocycles. The van der Waals surface area contributed by atoms with Gasteiger partial charge in [-0.3, -0.25) is 24.9 Å². The Kier molecular flexibility index (Phi) is 40.1. The minimum atomic E-state index is 0. The second-order valence-corrected chi connectivity index (χ2v) is 37.9. The number of nitrogens with one attached hydrogen (secondary N) is 1. The van der Waals surface area contributed by atoms with Gasteiger partial charge in [-0.2, -0.15) is 0 Å². The second-order valence-electron chi connectivity index (χ2n) is 37.9. The summed E-state index contributed by atoms with van der Waals surface area (Å²) in [6, 6.07) is 90.4. The number of imidazole rings is 1. The summed E-state index contributed by atoms with van der Waals surface area (Å²) in [5.41, 5.74) is 19.6. The molecule has 21 rings (SSSR count). The summed E-state index contributed by atoms with van der Waals surface area (Å²) in [6.07, 6.45) is 19.3. The molecule has 18 heteroatoms. The van der Waals surface area contributed by atoms with Crippen LogP contribution in [0.4, 0.5) is 0 Å². The number of rotatable bonds is 10. The highest BCUT2D eigenvalue weighted by molar-refractivity contribution is 5.88. The number of fused-ring (bicyclic) bond motifs is 10. The molecule has 0 aliphatic heterocycles. The average Bonchev–Trinajstić information content (AvgIpc) is 1.74. The fourth-order valence-electron chi connectivity index (χ4n) is 15.1. The molecular formula is C121H139N17O. The Morgan fingerprint density at radius 3 is 1.31 bits per heavy atom. The number of hydrogen-bond donors (Lipinski definition) is 1. The van der Waals surface area contributed by atoms with Crippen molar-refractivity contribution >= 4 is 109 Å². The molecule has 0 saturated carbocycles. The summed E-state index contributed by atoms with van der Waals surface area (Å²) in [4.78, 5) is 72.3. The van der Waals surface area contributed by atoms with Gasteiger partial charge >= 0.3 is 0 Å². The third-order valence-electron chi connectivity index (χ3n) is 22.6. The van der Waals surface area contributed by atoms with Crippen molar-refractivity contribution < 1.29 is 4.42 Å². The van der Waals surface area contributed by atoms with Gasteiger partial charge in [-0.1, -0.05) is 337 Å². The van der Waals surface area contributed by atoms with Crippen molar-refractivity contribution in [1.29, 1.82) is 0 Å². The maximum Gasteiger partial charge on any atom is 0.162 e. The zero-order chi connectivity index (χ0) is 98.8. The Morgan fingerprint density at radius 1 is 0.252 bits per heavy atom. The van der Waals surface area contributed by atoms with Crippen LogP contribution in [0.25, 0.3) is 109 Å². The molecule has 139 heavy (non-hydrogen) atoms. The van der Waals surface area contributed by atoms with Gasteiger partial charge in [-0.05, 0) is 172 Å². The highest BCUT2D eigenvalue weighted by Crippen LogP contribution is 2.30. The van der Waals surface area contributed by atoms with Crippen molar-refractivity contribution in [3.63, 3.8) is 0 Å². The largest absolute Gasteiger partial charge is 0.469 e. The lowest BCUT2D eigenvalue weighted by Crippen LogP contribution is -2.15. The monoisotopic (exact) mass is 1850 g/mol. The lowest BCUT2D eigenvalue weighted by molar-refractivity contribution is 0.487. The molecule has 0 saturated heterocycles. The molecule has 0 bridgehead atoms. The minimum Gasteiger partial charge on any atom is -0.469 e. The first-order chi connectivity index (χ1) is 66.4. The summed E-state index contributed by atoms with van der Waals surface area (Å²) in [6.45, 7) is 49.5. The molecular weight excluding hydrogens is 1710 g/mol. The Hall–Kier alpha value is -14.8. The van der Waals surface area contributed by atoms with E-state index in [0.29, 0.717) is 59.2 Å². The quantitative estimate of drug-likeness (QED) is 0.134. The van der Waals surface area contributed by atoms with Crippen LogP contribution in [-0.4, -0.2) is 84.7 Å². The van der Waals surface area contributed by atoms with Gasteiger partial charge in [-0.25, -0.2) is 54.8 Å². The lowest BCUT2D eigenvalue weighted by Gasteiger charge is -2.16. The number of hydrogen-bond acceptors (Lipinski definition) is 17. The van der Waals surface area contributed by atoms with Crippen LogP contribution < -0.4 is 0 Å². The van der Waals surface area contributed by atoms with Crippen molar-refractivity contribution in [3.05, 3.63) is 398 Å². The van der Waals surface area contributed by atoms with Crippen molar-refractivity contribution in [1.82, 2.24) is 84.7 Å². The maximum atomic E-state index is 5.09. The highest BCUT2D eigenvalue weighted by atomic mass is 16.3. The fourth-order valence-corrected chi connectivity index (χ4v) is 15.1. The van der Waals surface area contributed by atoms with Crippen LogP contribution in [0.2, 0.25) is 0 Å². The normalized spacial score (nSPS) is 11.0. The first kappa shape index (κ1) is 106. The van der Waals surface area contributed by atoms with E-state index in [0.717, 1.165) is 112 Å². The maximum absolute atomic E-state index is 5.09. The van der Waals surface area contributed by atoms with Crippen molar-refractivity contribution in [3.8, 4) is 0 Å². The number of aromatic nitrogens is 17. The van der Waals surface area contributed by atoms with Crippen molar-refractivity contribution in [2.45, 2.75) is 231 Å². The van der Waals surface area contributed by atoms with E-state index in [9.17, 15) is 0 Å². The molecule has 21 aromatic rings. The summed E-state index contributed by atoms with van der Waals surface area (Å²) < 4.78 is 5.09. The number of furan rings is 1. The molecule has 0 amide bonds. The standard InChI is InChI=1S/C13H14.C12H14N2.3C12H13N.2C11H12N2.2C10H11N3.C10H12N2.C7H10O.CH4/c1-10(2)12-9-5-7-11-6-3-4-8-13(11)12;1-12(2,3)11-13-8-9-6-4-5-7-10(9)14-11;1-9(2)10-7-8-13-12-6-4-3-5-11(10)12;1-9(2)11-8-7-10-5-3-4-6-12(10)13-11;1-9(2)12-11-6-4-3-5-10(11)7-8-13-12;1-8(2)11-9-5-3-4-6-10(9)12-7-13-11;1-8(2)11-7-12-9-5-3-4-6-10(9)13-11;1-7(2)10-8-3-4-11-5-9(8)12-6-13-10;1-7(2)9-8-4-3-5-11-10(8)13-6-12-9;1-7(2)10-11-8-5-3-4-6-9(8)12-10;1-6(2)7-4-3-5-8-7;/h3-10H,1-2H3;4-8H,1-3H3;3*3-9H,1-2H3;2*3-8H,1-2H3;2*3-7H,1-2H3;3-7H,1-2H3,(H,11,12);3-6H,1-2H3;1H4. The molecule has 0 unspecified atom stereocenters. The van der Waals surface area contributed by atoms with Crippen LogP contribution in [0.3, 0.4) is 0 Å². The summed E-state index contributed by atoms with van der Waals surface area (Å²) in [5, 5.41) is 12.2. The number of benzene rings is 9. The van der Waals surface area contributed by atoms with Gasteiger partial charge in [0.1, 0.15) is 36.4 Å². The van der Waals surface area contributed by atoms with Crippen LogP contribution in [0, 0.1) is 0 Å². The molecule has 0 fully saturated rings. The number of nitrogens with zero attached hydrogens (tertiary/aromatic N) is 16. The van der Waals surface area contributed by atoms with E-state index in [-0.39, 0.29) is 12.8 Å². The van der Waals surface area contributed by atoms with Crippen LogP contribution in [-0.2, 0) is 5.41 Å². The van der Waals surface area contributed by atoms with Gasteiger partial charge in [0.2, 0.25) is 0 Å². The molecule has 12 aromatic heterocycles. The molecule has 12 heterocycles.